The molecule has 21 heavy (non-hydrogen) atoms. The molecule has 1 rings (SSSR count). The van der Waals surface area contributed by atoms with E-state index in [4.69, 9.17) is 16.2 Å². The van der Waals surface area contributed by atoms with Crippen molar-refractivity contribution in [1.82, 2.24) is 0 Å². The Bertz CT molecular complexity index is 492. The molecule has 0 aliphatic heterocycles. The van der Waals surface area contributed by atoms with Gasteiger partial charge in [-0.05, 0) is 29.7 Å². The average molecular weight is 293 g/mol. The number of ether oxygens (including phenoxy) is 1. The van der Waals surface area contributed by atoms with Crippen molar-refractivity contribution >= 4 is 17.5 Å². The lowest BCUT2D eigenvalue weighted by Crippen LogP contribution is -2.45. The van der Waals surface area contributed by atoms with Crippen molar-refractivity contribution in [2.45, 2.75) is 33.2 Å². The maximum atomic E-state index is 12.0. The lowest BCUT2D eigenvalue weighted by Gasteiger charge is -2.25. The molecule has 2 amide bonds. The predicted molar refractivity (Wildman–Crippen MR) is 81.8 cm³/mol. The van der Waals surface area contributed by atoms with E-state index in [-0.39, 0.29) is 24.3 Å². The molecule has 5 N–H and O–H groups in total. The fourth-order valence-electron chi connectivity index (χ4n) is 1.52. The second kappa shape index (κ2) is 7.08. The molecule has 0 radical (unpaired) electrons. The van der Waals surface area contributed by atoms with Gasteiger partial charge in [0.05, 0.1) is 19.1 Å². The van der Waals surface area contributed by atoms with E-state index >= 15 is 0 Å². The molecule has 0 aliphatic rings. The number of benzene rings is 1. The number of rotatable bonds is 6. The van der Waals surface area contributed by atoms with Crippen LogP contribution in [0.2, 0.25) is 0 Å². The first-order chi connectivity index (χ1) is 9.70. The van der Waals surface area contributed by atoms with E-state index in [1.54, 1.807) is 24.3 Å². The van der Waals surface area contributed by atoms with Crippen LogP contribution in [0.5, 0.6) is 5.75 Å². The van der Waals surface area contributed by atoms with E-state index < -0.39 is 11.9 Å². The van der Waals surface area contributed by atoms with E-state index in [2.05, 4.69) is 5.32 Å². The number of primary amides is 1. The molecule has 0 spiro atoms. The maximum absolute atomic E-state index is 12.0. The van der Waals surface area contributed by atoms with Gasteiger partial charge in [-0.3, -0.25) is 9.59 Å². The molecule has 0 heterocycles. The molecular weight excluding hydrogens is 270 g/mol. The summed E-state index contributed by atoms with van der Waals surface area (Å²) in [6.45, 7) is 5.96. The molecule has 0 aromatic heterocycles. The van der Waals surface area contributed by atoms with Crippen LogP contribution in [0.15, 0.2) is 24.3 Å². The number of nitrogens with one attached hydrogen (secondary N) is 1. The van der Waals surface area contributed by atoms with Crippen molar-refractivity contribution in [3.63, 3.8) is 0 Å². The molecular formula is C15H23N3O3. The van der Waals surface area contributed by atoms with Crippen LogP contribution in [0.4, 0.5) is 5.69 Å². The van der Waals surface area contributed by atoms with Crippen LogP contribution in [0, 0.1) is 5.41 Å². The highest BCUT2D eigenvalue weighted by Gasteiger charge is 2.27. The van der Waals surface area contributed by atoms with Crippen LogP contribution >= 0.6 is 0 Å². The standard InChI is InChI=1S/C15H23N3O3/c1-15(2,3)13(17)14(20)18-10-4-6-11(7-5-10)21-9-8-12(16)19/h4-7,13H,8-9,17H2,1-3H3,(H2,16,19)(H,18,20). The summed E-state index contributed by atoms with van der Waals surface area (Å²) in [7, 11) is 0. The zero-order valence-corrected chi connectivity index (χ0v) is 12.7. The Hall–Kier alpha value is -2.08. The fourth-order valence-corrected chi connectivity index (χ4v) is 1.52. The molecule has 0 fully saturated rings. The third kappa shape index (κ3) is 5.83. The SMILES string of the molecule is CC(C)(C)C(N)C(=O)Nc1ccc(OCCC(N)=O)cc1. The summed E-state index contributed by atoms with van der Waals surface area (Å²) in [5.41, 5.74) is 11.2. The largest absolute Gasteiger partial charge is 0.493 e. The quantitative estimate of drug-likeness (QED) is 0.733. The third-order valence-corrected chi connectivity index (χ3v) is 2.95. The van der Waals surface area contributed by atoms with Crippen molar-refractivity contribution in [2.75, 3.05) is 11.9 Å². The fraction of sp³-hybridized carbons (Fsp3) is 0.467. The van der Waals surface area contributed by atoms with Gasteiger partial charge in [0.2, 0.25) is 11.8 Å². The zero-order valence-electron chi connectivity index (χ0n) is 12.7. The summed E-state index contributed by atoms with van der Waals surface area (Å²) in [6, 6.07) is 6.25. The minimum atomic E-state index is -0.594. The molecule has 6 nitrogen and oxygen atoms in total. The Morgan fingerprint density at radius 2 is 1.81 bits per heavy atom. The molecule has 1 unspecified atom stereocenters. The number of amides is 2. The van der Waals surface area contributed by atoms with E-state index in [0.29, 0.717) is 11.4 Å². The van der Waals surface area contributed by atoms with Crippen LogP contribution in [0.1, 0.15) is 27.2 Å². The average Bonchev–Trinajstić information content (AvgIpc) is 2.38. The second-order valence-corrected chi connectivity index (χ2v) is 5.92. The minimum Gasteiger partial charge on any atom is -0.493 e. The van der Waals surface area contributed by atoms with Gasteiger partial charge in [-0.15, -0.1) is 0 Å². The Balaban J connectivity index is 2.55. The maximum Gasteiger partial charge on any atom is 0.241 e. The Labute approximate surface area is 124 Å². The summed E-state index contributed by atoms with van der Waals surface area (Å²) in [5, 5.41) is 2.76. The van der Waals surface area contributed by atoms with Crippen LogP contribution in [0.25, 0.3) is 0 Å². The topological polar surface area (TPSA) is 107 Å². The predicted octanol–water partition coefficient (Wildman–Crippen LogP) is 1.25. The number of nitrogens with two attached hydrogens (primary N) is 2. The first-order valence-corrected chi connectivity index (χ1v) is 6.78. The molecule has 0 saturated carbocycles. The number of hydrogen-bond acceptors (Lipinski definition) is 4. The smallest absolute Gasteiger partial charge is 0.241 e. The summed E-state index contributed by atoms with van der Waals surface area (Å²) in [5.74, 6) is -0.0330. The first kappa shape index (κ1) is 17.0. The number of carbonyl (C=O) groups is 2. The number of carbonyl (C=O) groups excluding carboxylic acids is 2. The molecule has 1 aromatic carbocycles. The Kier molecular flexibility index (Phi) is 5.72. The zero-order chi connectivity index (χ0) is 16.0. The lowest BCUT2D eigenvalue weighted by molar-refractivity contribution is -0.119. The van der Waals surface area contributed by atoms with Crippen LogP contribution < -0.4 is 21.5 Å². The van der Waals surface area contributed by atoms with Gasteiger partial charge < -0.3 is 21.5 Å². The van der Waals surface area contributed by atoms with Crippen LogP contribution in [-0.4, -0.2) is 24.5 Å². The highest BCUT2D eigenvalue weighted by molar-refractivity contribution is 5.95. The second-order valence-electron chi connectivity index (χ2n) is 5.92. The van der Waals surface area contributed by atoms with Crippen molar-refractivity contribution < 1.29 is 14.3 Å². The highest BCUT2D eigenvalue weighted by atomic mass is 16.5. The summed E-state index contributed by atoms with van der Waals surface area (Å²) < 4.78 is 5.34. The van der Waals surface area contributed by atoms with Gasteiger partial charge in [0.15, 0.2) is 0 Å². The van der Waals surface area contributed by atoms with Gasteiger partial charge >= 0.3 is 0 Å². The summed E-state index contributed by atoms with van der Waals surface area (Å²) in [4.78, 5) is 22.6. The molecule has 0 bridgehead atoms. The first-order valence-electron chi connectivity index (χ1n) is 6.78. The van der Waals surface area contributed by atoms with E-state index in [0.717, 1.165) is 0 Å². The normalized spacial score (nSPS) is 12.6. The van der Waals surface area contributed by atoms with Gasteiger partial charge in [0.1, 0.15) is 5.75 Å². The van der Waals surface area contributed by atoms with Gasteiger partial charge in [-0.2, -0.15) is 0 Å². The van der Waals surface area contributed by atoms with Gasteiger partial charge in [0.25, 0.3) is 0 Å². The number of anilines is 1. The summed E-state index contributed by atoms with van der Waals surface area (Å²) in [6.07, 6.45) is 0.166. The monoisotopic (exact) mass is 293 g/mol. The summed E-state index contributed by atoms with van der Waals surface area (Å²) >= 11 is 0. The molecule has 1 aromatic rings. The van der Waals surface area contributed by atoms with Gasteiger partial charge in [-0.25, -0.2) is 0 Å². The third-order valence-electron chi connectivity index (χ3n) is 2.95. The van der Waals surface area contributed by atoms with Crippen LogP contribution in [0.3, 0.4) is 0 Å². The molecule has 6 heteroatoms. The van der Waals surface area contributed by atoms with E-state index in [9.17, 15) is 9.59 Å². The molecule has 116 valence electrons. The molecule has 0 aliphatic carbocycles. The Morgan fingerprint density at radius 3 is 2.29 bits per heavy atom. The van der Waals surface area contributed by atoms with Gasteiger partial charge in [-0.1, -0.05) is 20.8 Å². The lowest BCUT2D eigenvalue weighted by atomic mass is 9.87. The Morgan fingerprint density at radius 1 is 1.24 bits per heavy atom. The number of hydrogen-bond donors (Lipinski definition) is 3. The van der Waals surface area contributed by atoms with Crippen molar-refractivity contribution in [3.8, 4) is 5.75 Å². The van der Waals surface area contributed by atoms with E-state index in [1.807, 2.05) is 20.8 Å². The van der Waals surface area contributed by atoms with Crippen molar-refractivity contribution in [3.05, 3.63) is 24.3 Å². The van der Waals surface area contributed by atoms with Gasteiger partial charge in [0, 0.05) is 5.69 Å². The molecule has 0 saturated heterocycles. The van der Waals surface area contributed by atoms with Crippen molar-refractivity contribution in [2.24, 2.45) is 16.9 Å². The van der Waals surface area contributed by atoms with E-state index in [1.165, 1.54) is 0 Å². The molecule has 1 atom stereocenters. The van der Waals surface area contributed by atoms with Crippen molar-refractivity contribution in [1.29, 1.82) is 0 Å². The van der Waals surface area contributed by atoms with Crippen LogP contribution in [-0.2, 0) is 9.59 Å². The minimum absolute atomic E-state index is 0.166. The highest BCUT2D eigenvalue weighted by Crippen LogP contribution is 2.20.